The van der Waals surface area contributed by atoms with Crippen molar-refractivity contribution in [2.24, 2.45) is 10.7 Å². The first-order chi connectivity index (χ1) is 21.3. The van der Waals surface area contributed by atoms with E-state index < -0.39 is 17.6 Å². The Bertz CT molecular complexity index is 1410. The fourth-order valence-corrected chi connectivity index (χ4v) is 7.80. The van der Waals surface area contributed by atoms with Gasteiger partial charge in [0.05, 0.1) is 31.2 Å². The van der Waals surface area contributed by atoms with Gasteiger partial charge in [-0.2, -0.15) is 0 Å². The van der Waals surface area contributed by atoms with Gasteiger partial charge >= 0.3 is 0 Å². The zero-order valence-corrected chi connectivity index (χ0v) is 25.3. The van der Waals surface area contributed by atoms with Crippen molar-refractivity contribution >= 4 is 29.2 Å². The Balaban J connectivity index is 1.11. The number of rotatable bonds is 5. The van der Waals surface area contributed by atoms with Gasteiger partial charge in [-0.15, -0.1) is 0 Å². The molecule has 0 aromatic carbocycles. The Morgan fingerprint density at radius 2 is 1.91 bits per heavy atom. The lowest BCUT2D eigenvalue weighted by atomic mass is 9.80. The van der Waals surface area contributed by atoms with Gasteiger partial charge in [-0.25, -0.2) is 13.8 Å². The Labute approximate surface area is 256 Å². The number of hydrogen-bond donors (Lipinski definition) is 1. The van der Waals surface area contributed by atoms with Crippen molar-refractivity contribution in [1.29, 1.82) is 0 Å². The van der Waals surface area contributed by atoms with Gasteiger partial charge in [0.1, 0.15) is 22.7 Å². The maximum atomic E-state index is 14.5. The Hall–Kier alpha value is -3.35. The van der Waals surface area contributed by atoms with Gasteiger partial charge in [-0.3, -0.25) is 14.7 Å². The quantitative estimate of drug-likeness (QED) is 0.509. The summed E-state index contributed by atoms with van der Waals surface area (Å²) in [4.78, 5) is 30.2. The molecule has 4 fully saturated rings. The fourth-order valence-electron chi connectivity index (χ4n) is 7.80. The molecule has 2 atom stereocenters. The second-order valence-electron chi connectivity index (χ2n) is 12.9. The summed E-state index contributed by atoms with van der Waals surface area (Å²) in [5.41, 5.74) is 7.88. The summed E-state index contributed by atoms with van der Waals surface area (Å²) in [6.45, 7) is 12.1. The van der Waals surface area contributed by atoms with Gasteiger partial charge in [0.25, 0.3) is 6.43 Å². The van der Waals surface area contributed by atoms with Crippen LogP contribution in [-0.2, 0) is 14.3 Å². The minimum atomic E-state index is -2.69. The first kappa shape index (κ1) is 29.4. The molecule has 1 aromatic heterocycles. The van der Waals surface area contributed by atoms with Crippen molar-refractivity contribution in [2.45, 2.75) is 55.9 Å². The number of hydrogen-bond acceptors (Lipinski definition) is 9. The third-order valence-corrected chi connectivity index (χ3v) is 10.3. The molecule has 0 radical (unpaired) electrons. The number of nitrogens with zero attached hydrogens (tertiary/aromatic N) is 6. The van der Waals surface area contributed by atoms with Gasteiger partial charge in [-0.1, -0.05) is 18.7 Å². The van der Waals surface area contributed by atoms with Crippen LogP contribution in [0, 0.1) is 0 Å². The molecule has 6 aliphatic rings. The maximum Gasteiger partial charge on any atom is 0.281 e. The van der Waals surface area contributed by atoms with Gasteiger partial charge in [0, 0.05) is 69.5 Å². The van der Waals surface area contributed by atoms with E-state index in [0.717, 1.165) is 43.0 Å². The molecule has 0 unspecified atom stereocenters. The standard InChI is InChI=1S/C32H41F2N7O3/c1-3-27(42)40-13-11-38(12-14-40)25-17-41-23(25)6-4-5-22-24(41)15-26(37-28(22)30(33)34)39-9-7-32(8-10-39)29(21(2)16-35)36-18-31(44-32)19-43-20-31/h3-5,15-16,23,25,30H,1,6-14,17-20,35H2,2H3/b21-16-/t23-,25+/m0/s1. The van der Waals surface area contributed by atoms with Crippen LogP contribution in [0.3, 0.4) is 0 Å². The molecule has 7 rings (SSSR count). The average Bonchev–Trinajstić information content (AvgIpc) is 3.15. The summed E-state index contributed by atoms with van der Waals surface area (Å²) in [5, 5.41) is 0. The average molecular weight is 610 g/mol. The number of pyridine rings is 1. The molecule has 2 N–H and O–H groups in total. The van der Waals surface area contributed by atoms with Crippen LogP contribution in [0.5, 0.6) is 0 Å². The third-order valence-electron chi connectivity index (χ3n) is 10.3. The van der Waals surface area contributed by atoms with Crippen molar-refractivity contribution in [2.75, 3.05) is 75.4 Å². The molecular weight excluding hydrogens is 568 g/mol. The lowest BCUT2D eigenvalue weighted by Crippen LogP contribution is -2.69. The summed E-state index contributed by atoms with van der Waals surface area (Å²) in [6, 6.07) is 2.48. The van der Waals surface area contributed by atoms with Crippen LogP contribution in [-0.4, -0.2) is 115 Å². The number of anilines is 2. The van der Waals surface area contributed by atoms with E-state index in [1.54, 1.807) is 6.20 Å². The Kier molecular flexibility index (Phi) is 7.49. The molecule has 1 aromatic rings. The number of halogens is 2. The summed E-state index contributed by atoms with van der Waals surface area (Å²) >= 11 is 0. The third kappa shape index (κ3) is 4.82. The SMILES string of the molecule is C=CC(=O)N1CCN([C@@H]2CN3c4cc(N5CCC6(CC5)OC5(CN=C6/C(C)=C\N)COC5)nc(C(F)F)c4C=CC[C@@H]23)CC1. The minimum Gasteiger partial charge on any atom is -0.404 e. The molecule has 1 amide bonds. The Morgan fingerprint density at radius 1 is 1.16 bits per heavy atom. The van der Waals surface area contributed by atoms with Crippen molar-refractivity contribution in [3.63, 3.8) is 0 Å². The lowest BCUT2D eigenvalue weighted by molar-refractivity contribution is -0.247. The number of alkyl halides is 2. The molecule has 0 aliphatic carbocycles. The molecule has 2 spiro atoms. The van der Waals surface area contributed by atoms with E-state index in [4.69, 9.17) is 20.2 Å². The Morgan fingerprint density at radius 3 is 2.55 bits per heavy atom. The topological polar surface area (TPSA) is 99.8 Å². The fraction of sp³-hybridized carbons (Fsp3) is 0.594. The van der Waals surface area contributed by atoms with Crippen LogP contribution in [0.1, 0.15) is 43.9 Å². The highest BCUT2D eigenvalue weighted by Gasteiger charge is 2.54. The number of piperazine rings is 1. The minimum absolute atomic E-state index is 0.0319. The van der Waals surface area contributed by atoms with Crippen LogP contribution < -0.4 is 15.5 Å². The van der Waals surface area contributed by atoms with Gasteiger partial charge in [-0.05, 0) is 44.0 Å². The van der Waals surface area contributed by atoms with E-state index in [0.29, 0.717) is 76.2 Å². The molecule has 4 saturated heterocycles. The van der Waals surface area contributed by atoms with E-state index in [2.05, 4.69) is 26.3 Å². The molecule has 44 heavy (non-hydrogen) atoms. The summed E-state index contributed by atoms with van der Waals surface area (Å²) < 4.78 is 41.3. The molecule has 7 heterocycles. The van der Waals surface area contributed by atoms with Gasteiger partial charge < -0.3 is 29.9 Å². The molecule has 12 heteroatoms. The van der Waals surface area contributed by atoms with Crippen LogP contribution in [0.15, 0.2) is 41.6 Å². The van der Waals surface area contributed by atoms with Crippen LogP contribution in [0.4, 0.5) is 20.3 Å². The van der Waals surface area contributed by atoms with Crippen molar-refractivity contribution in [3.8, 4) is 0 Å². The number of amides is 1. The number of carbonyl (C=O) groups excluding carboxylic acids is 1. The summed E-state index contributed by atoms with van der Waals surface area (Å²) in [6.07, 6.45) is 6.18. The normalized spacial score (nSPS) is 27.8. The van der Waals surface area contributed by atoms with Gasteiger partial charge in [0.2, 0.25) is 5.91 Å². The highest BCUT2D eigenvalue weighted by atomic mass is 19.3. The number of carbonyl (C=O) groups is 1. The highest BCUT2D eigenvalue weighted by Crippen LogP contribution is 2.45. The molecule has 236 valence electrons. The molecular formula is C32H41F2N7O3. The van der Waals surface area contributed by atoms with Crippen molar-refractivity contribution < 1.29 is 23.0 Å². The molecule has 6 aliphatic heterocycles. The van der Waals surface area contributed by atoms with Crippen molar-refractivity contribution in [1.82, 2.24) is 14.8 Å². The first-order valence-corrected chi connectivity index (χ1v) is 15.6. The summed E-state index contributed by atoms with van der Waals surface area (Å²) in [5.74, 6) is 0.542. The molecule has 0 saturated carbocycles. The van der Waals surface area contributed by atoms with Crippen molar-refractivity contribution in [3.05, 3.63) is 47.8 Å². The number of piperidine rings is 1. The first-order valence-electron chi connectivity index (χ1n) is 15.6. The number of aromatic nitrogens is 1. The monoisotopic (exact) mass is 609 g/mol. The number of nitrogens with two attached hydrogens (primary N) is 1. The second kappa shape index (κ2) is 11.2. The van der Waals surface area contributed by atoms with Gasteiger partial charge in [0.15, 0.2) is 0 Å². The van der Waals surface area contributed by atoms with E-state index in [1.165, 1.54) is 6.08 Å². The predicted molar refractivity (Wildman–Crippen MR) is 165 cm³/mol. The molecule has 0 bridgehead atoms. The van der Waals surface area contributed by atoms with E-state index in [9.17, 15) is 13.6 Å². The van der Waals surface area contributed by atoms with Crippen LogP contribution in [0.25, 0.3) is 6.08 Å². The molecule has 10 nitrogen and oxygen atoms in total. The largest absolute Gasteiger partial charge is 0.404 e. The highest BCUT2D eigenvalue weighted by molar-refractivity contribution is 6.06. The number of fused-ring (bicyclic) bond motifs is 3. The number of aliphatic imine (C=N–C) groups is 1. The maximum absolute atomic E-state index is 14.5. The zero-order valence-electron chi connectivity index (χ0n) is 25.3. The van der Waals surface area contributed by atoms with E-state index in [1.807, 2.05) is 30.0 Å². The van der Waals surface area contributed by atoms with E-state index >= 15 is 0 Å². The zero-order chi connectivity index (χ0) is 30.6. The van der Waals surface area contributed by atoms with Crippen LogP contribution >= 0.6 is 0 Å². The van der Waals surface area contributed by atoms with E-state index in [-0.39, 0.29) is 17.6 Å². The second-order valence-corrected chi connectivity index (χ2v) is 12.9. The number of ether oxygens (including phenoxy) is 2. The summed E-state index contributed by atoms with van der Waals surface area (Å²) in [7, 11) is 0. The lowest BCUT2D eigenvalue weighted by Gasteiger charge is -2.55. The predicted octanol–water partition coefficient (Wildman–Crippen LogP) is 2.77. The van der Waals surface area contributed by atoms with Crippen LogP contribution in [0.2, 0.25) is 0 Å². The smallest absolute Gasteiger partial charge is 0.281 e.